The van der Waals surface area contributed by atoms with E-state index in [-0.39, 0.29) is 6.54 Å². The van der Waals surface area contributed by atoms with E-state index in [2.05, 4.69) is 10.4 Å². The molecule has 0 radical (unpaired) electrons. The molecule has 1 atom stereocenters. The fourth-order valence-corrected chi connectivity index (χ4v) is 1.16. The Hall–Kier alpha value is -2.06. The summed E-state index contributed by atoms with van der Waals surface area (Å²) in [6.45, 7) is 0.905. The van der Waals surface area contributed by atoms with Gasteiger partial charge in [0.05, 0.1) is 5.92 Å². The summed E-state index contributed by atoms with van der Waals surface area (Å²) in [6.07, 6.45) is -3.53. The van der Waals surface area contributed by atoms with E-state index in [9.17, 15) is 22.8 Å². The van der Waals surface area contributed by atoms with Crippen LogP contribution in [0.4, 0.5) is 13.2 Å². The molecule has 1 aromatic rings. The molecule has 2 N–H and O–H groups in total. The highest BCUT2D eigenvalue weighted by molar-refractivity contribution is 5.77. The Labute approximate surface area is 106 Å². The smallest absolute Gasteiger partial charge is 0.435 e. The normalized spacial score (nSPS) is 13.1. The predicted molar refractivity (Wildman–Crippen MR) is 57.0 cm³/mol. The van der Waals surface area contributed by atoms with Crippen LogP contribution < -0.4 is 5.32 Å². The van der Waals surface area contributed by atoms with E-state index in [1.165, 1.54) is 6.92 Å². The minimum absolute atomic E-state index is 0.0957. The lowest BCUT2D eigenvalue weighted by Crippen LogP contribution is -2.33. The molecule has 1 rings (SSSR count). The number of nitrogens with zero attached hydrogens (tertiary/aromatic N) is 2. The summed E-state index contributed by atoms with van der Waals surface area (Å²) in [6, 6.07) is 0.757. The summed E-state index contributed by atoms with van der Waals surface area (Å²) in [4.78, 5) is 21.8. The largest absolute Gasteiger partial charge is 0.481 e. The van der Waals surface area contributed by atoms with Crippen molar-refractivity contribution in [2.45, 2.75) is 19.6 Å². The molecule has 19 heavy (non-hydrogen) atoms. The Morgan fingerprint density at radius 1 is 1.53 bits per heavy atom. The first-order valence-corrected chi connectivity index (χ1v) is 5.30. The number of rotatable bonds is 5. The SMILES string of the molecule is CC(CNC(=O)Cn1ccc(C(F)(F)F)n1)C(=O)O. The maximum Gasteiger partial charge on any atom is 0.435 e. The second kappa shape index (κ2) is 5.72. The quantitative estimate of drug-likeness (QED) is 0.832. The molecule has 9 heteroatoms. The molecule has 6 nitrogen and oxygen atoms in total. The molecule has 0 spiro atoms. The standard InChI is InChI=1S/C10H12F3N3O3/c1-6(9(18)19)4-14-8(17)5-16-3-2-7(15-16)10(11,12)13/h2-3,6H,4-5H2,1H3,(H,14,17)(H,18,19). The van der Waals surface area contributed by atoms with Gasteiger partial charge in [-0.2, -0.15) is 18.3 Å². The van der Waals surface area contributed by atoms with Crippen LogP contribution in [0.1, 0.15) is 12.6 Å². The maximum absolute atomic E-state index is 12.2. The Balaban J connectivity index is 2.49. The van der Waals surface area contributed by atoms with Crippen molar-refractivity contribution in [2.24, 2.45) is 5.92 Å². The number of hydrogen-bond donors (Lipinski definition) is 2. The molecule has 0 fully saturated rings. The summed E-state index contributed by atoms with van der Waals surface area (Å²) in [5.41, 5.74) is -1.08. The number of carboxylic acid groups (broad SMARTS) is 1. The number of amides is 1. The highest BCUT2D eigenvalue weighted by Gasteiger charge is 2.33. The van der Waals surface area contributed by atoms with E-state index in [4.69, 9.17) is 5.11 Å². The van der Waals surface area contributed by atoms with Crippen molar-refractivity contribution in [3.8, 4) is 0 Å². The van der Waals surface area contributed by atoms with Crippen molar-refractivity contribution >= 4 is 11.9 Å². The van der Waals surface area contributed by atoms with Gasteiger partial charge in [-0.25, -0.2) is 0 Å². The first kappa shape index (κ1) is 15.0. The van der Waals surface area contributed by atoms with Crippen molar-refractivity contribution in [1.82, 2.24) is 15.1 Å². The van der Waals surface area contributed by atoms with Gasteiger partial charge < -0.3 is 10.4 Å². The number of carboxylic acids is 1. The molecule has 0 aliphatic carbocycles. The minimum atomic E-state index is -4.56. The molecule has 0 aliphatic rings. The molecule has 0 bridgehead atoms. The summed E-state index contributed by atoms with van der Waals surface area (Å²) in [5.74, 6) is -2.45. The zero-order chi connectivity index (χ0) is 14.6. The van der Waals surface area contributed by atoms with Gasteiger partial charge in [-0.1, -0.05) is 6.92 Å². The van der Waals surface area contributed by atoms with Crippen LogP contribution in [0.25, 0.3) is 0 Å². The number of halogens is 3. The van der Waals surface area contributed by atoms with Gasteiger partial charge in [0.25, 0.3) is 0 Å². The van der Waals surface area contributed by atoms with Crippen LogP contribution in [0.15, 0.2) is 12.3 Å². The first-order chi connectivity index (χ1) is 8.70. The molecule has 0 saturated heterocycles. The van der Waals surface area contributed by atoms with E-state index in [1.54, 1.807) is 0 Å². The van der Waals surface area contributed by atoms with Gasteiger partial charge in [-0.3, -0.25) is 14.3 Å². The van der Waals surface area contributed by atoms with Crippen LogP contribution in [-0.4, -0.2) is 33.3 Å². The number of aliphatic carboxylic acids is 1. The molecule has 1 unspecified atom stereocenters. The Kier molecular flexibility index (Phi) is 4.52. The lowest BCUT2D eigenvalue weighted by atomic mass is 10.2. The van der Waals surface area contributed by atoms with E-state index in [0.29, 0.717) is 0 Å². The van der Waals surface area contributed by atoms with Crippen LogP contribution in [0.2, 0.25) is 0 Å². The second-order valence-corrected chi connectivity index (χ2v) is 3.94. The van der Waals surface area contributed by atoms with Crippen LogP contribution in [-0.2, 0) is 22.3 Å². The molecule has 1 amide bonds. The van der Waals surface area contributed by atoms with Gasteiger partial charge in [0.15, 0.2) is 5.69 Å². The van der Waals surface area contributed by atoms with Crippen LogP contribution in [0.3, 0.4) is 0 Å². The van der Waals surface area contributed by atoms with Crippen molar-refractivity contribution < 1.29 is 27.9 Å². The second-order valence-electron chi connectivity index (χ2n) is 3.94. The molecular formula is C10H12F3N3O3. The summed E-state index contributed by atoms with van der Waals surface area (Å²) in [5, 5.41) is 14.1. The van der Waals surface area contributed by atoms with Crippen molar-refractivity contribution in [3.05, 3.63) is 18.0 Å². The lowest BCUT2D eigenvalue weighted by molar-refractivity contribution is -0.142. The fraction of sp³-hybridized carbons (Fsp3) is 0.500. The third kappa shape index (κ3) is 4.60. The van der Waals surface area contributed by atoms with Crippen molar-refractivity contribution in [1.29, 1.82) is 0 Å². The van der Waals surface area contributed by atoms with Crippen molar-refractivity contribution in [2.75, 3.05) is 6.54 Å². The first-order valence-electron chi connectivity index (χ1n) is 5.30. The lowest BCUT2D eigenvalue weighted by Gasteiger charge is -2.08. The number of carbonyl (C=O) groups is 2. The summed E-state index contributed by atoms with van der Waals surface area (Å²) in [7, 11) is 0. The summed E-state index contributed by atoms with van der Waals surface area (Å²) >= 11 is 0. The highest BCUT2D eigenvalue weighted by atomic mass is 19.4. The number of alkyl halides is 3. The van der Waals surface area contributed by atoms with E-state index in [1.807, 2.05) is 0 Å². The zero-order valence-corrected chi connectivity index (χ0v) is 9.94. The van der Waals surface area contributed by atoms with E-state index < -0.39 is 36.2 Å². The fourth-order valence-electron chi connectivity index (χ4n) is 1.16. The van der Waals surface area contributed by atoms with Gasteiger partial charge in [0.2, 0.25) is 5.91 Å². The molecule has 0 saturated carbocycles. The maximum atomic E-state index is 12.2. The third-order valence-electron chi connectivity index (χ3n) is 2.26. The van der Waals surface area contributed by atoms with Gasteiger partial charge in [0, 0.05) is 12.7 Å². The molecule has 1 heterocycles. The topological polar surface area (TPSA) is 84.2 Å². The zero-order valence-electron chi connectivity index (χ0n) is 9.94. The average molecular weight is 279 g/mol. The van der Waals surface area contributed by atoms with Crippen LogP contribution in [0.5, 0.6) is 0 Å². The monoisotopic (exact) mass is 279 g/mol. The van der Waals surface area contributed by atoms with E-state index >= 15 is 0 Å². The summed E-state index contributed by atoms with van der Waals surface area (Å²) < 4.78 is 37.6. The molecular weight excluding hydrogens is 267 g/mol. The van der Waals surface area contributed by atoms with E-state index in [0.717, 1.165) is 16.9 Å². The van der Waals surface area contributed by atoms with Crippen LogP contribution in [0, 0.1) is 5.92 Å². The molecule has 0 aliphatic heterocycles. The van der Waals surface area contributed by atoms with Gasteiger partial charge in [0.1, 0.15) is 6.54 Å². The van der Waals surface area contributed by atoms with Gasteiger partial charge in [-0.05, 0) is 6.07 Å². The van der Waals surface area contributed by atoms with Gasteiger partial charge in [-0.15, -0.1) is 0 Å². The number of hydrogen-bond acceptors (Lipinski definition) is 3. The van der Waals surface area contributed by atoms with Gasteiger partial charge >= 0.3 is 12.1 Å². The number of nitrogens with one attached hydrogen (secondary N) is 1. The Morgan fingerprint density at radius 3 is 2.63 bits per heavy atom. The molecule has 106 valence electrons. The minimum Gasteiger partial charge on any atom is -0.481 e. The molecule has 1 aromatic heterocycles. The number of aromatic nitrogens is 2. The third-order valence-corrected chi connectivity index (χ3v) is 2.26. The Morgan fingerprint density at radius 2 is 2.16 bits per heavy atom. The van der Waals surface area contributed by atoms with Crippen molar-refractivity contribution in [3.63, 3.8) is 0 Å². The highest BCUT2D eigenvalue weighted by Crippen LogP contribution is 2.27. The molecule has 0 aromatic carbocycles. The Bertz CT molecular complexity index is 470. The average Bonchev–Trinajstić information content (AvgIpc) is 2.73. The number of carbonyl (C=O) groups excluding carboxylic acids is 1. The van der Waals surface area contributed by atoms with Crippen LogP contribution >= 0.6 is 0 Å². The predicted octanol–water partition coefficient (Wildman–Crippen LogP) is 0.739.